The van der Waals surface area contributed by atoms with Gasteiger partial charge in [-0.3, -0.25) is 4.90 Å². The van der Waals surface area contributed by atoms with Gasteiger partial charge in [-0.05, 0) is 47.6 Å². The molecule has 2 aromatic rings. The van der Waals surface area contributed by atoms with E-state index in [1.165, 1.54) is 62.9 Å². The highest BCUT2D eigenvalue weighted by Crippen LogP contribution is 2.55. The summed E-state index contributed by atoms with van der Waals surface area (Å²) < 4.78 is 0. The topological polar surface area (TPSA) is 15.3 Å². The third-order valence-electron chi connectivity index (χ3n) is 7.68. The number of nitrogens with zero attached hydrogens (tertiary/aromatic N) is 1. The minimum atomic E-state index is 0.609. The summed E-state index contributed by atoms with van der Waals surface area (Å²) in [6.07, 6.45) is 7.01. The Labute approximate surface area is 164 Å². The van der Waals surface area contributed by atoms with Crippen molar-refractivity contribution in [3.63, 3.8) is 0 Å². The lowest BCUT2D eigenvalue weighted by Crippen LogP contribution is -2.65. The number of likely N-dealkylation sites (tertiary alicyclic amines) is 1. The van der Waals surface area contributed by atoms with Crippen LogP contribution in [0.25, 0.3) is 0 Å². The average Bonchev–Trinajstić information content (AvgIpc) is 3.17. The van der Waals surface area contributed by atoms with Gasteiger partial charge in [0.1, 0.15) is 0 Å². The molecule has 2 heteroatoms. The van der Waals surface area contributed by atoms with Crippen molar-refractivity contribution < 1.29 is 0 Å². The largest absolute Gasteiger partial charge is 0.313 e. The summed E-state index contributed by atoms with van der Waals surface area (Å²) in [7, 11) is 0. The summed E-state index contributed by atoms with van der Waals surface area (Å²) in [6.45, 7) is 4.85. The lowest BCUT2D eigenvalue weighted by Gasteiger charge is -2.58. The van der Waals surface area contributed by atoms with Crippen molar-refractivity contribution in [1.29, 1.82) is 0 Å². The third kappa shape index (κ3) is 3.34. The van der Waals surface area contributed by atoms with E-state index >= 15 is 0 Å². The number of hydrogen-bond donors (Lipinski definition) is 1. The minimum absolute atomic E-state index is 0.609. The molecule has 2 nitrogen and oxygen atoms in total. The minimum Gasteiger partial charge on any atom is -0.313 e. The second-order valence-electron chi connectivity index (χ2n) is 9.13. The lowest BCUT2D eigenvalue weighted by molar-refractivity contribution is -0.0708. The van der Waals surface area contributed by atoms with Gasteiger partial charge in [-0.15, -0.1) is 0 Å². The van der Waals surface area contributed by atoms with Crippen molar-refractivity contribution in [3.8, 4) is 0 Å². The molecule has 2 aliphatic heterocycles. The first-order chi connectivity index (χ1) is 13.3. The zero-order valence-corrected chi connectivity index (χ0v) is 16.3. The van der Waals surface area contributed by atoms with Gasteiger partial charge in [0, 0.05) is 32.2 Å². The molecule has 1 N–H and O–H groups in total. The highest BCUT2D eigenvalue weighted by Gasteiger charge is 2.55. The van der Waals surface area contributed by atoms with Crippen LogP contribution in [0.2, 0.25) is 0 Å². The Hall–Kier alpha value is -1.64. The number of hydrogen-bond acceptors (Lipinski definition) is 2. The third-order valence-corrected chi connectivity index (χ3v) is 7.68. The smallest absolute Gasteiger partial charge is 0.0233 e. The Bertz CT molecular complexity index is 735. The summed E-state index contributed by atoms with van der Waals surface area (Å²) in [4.78, 5) is 2.76. The first kappa shape index (κ1) is 17.5. The maximum absolute atomic E-state index is 3.98. The lowest BCUT2D eigenvalue weighted by atomic mass is 9.57. The first-order valence-electron chi connectivity index (χ1n) is 10.9. The molecule has 2 heterocycles. The SMILES string of the molecule is c1ccc(CC2NCC3CN(Cc4ccccc4)CC2C32CCCC2)cc1. The molecule has 1 spiro atoms. The Morgan fingerprint density at radius 2 is 1.52 bits per heavy atom. The van der Waals surface area contributed by atoms with Gasteiger partial charge in [0.15, 0.2) is 0 Å². The van der Waals surface area contributed by atoms with Crippen molar-refractivity contribution in [1.82, 2.24) is 10.2 Å². The summed E-state index contributed by atoms with van der Waals surface area (Å²) in [5, 5.41) is 3.98. The second kappa shape index (κ2) is 7.41. The Kier molecular flexibility index (Phi) is 4.79. The van der Waals surface area contributed by atoms with E-state index in [1.807, 2.05) is 0 Å². The zero-order chi connectivity index (χ0) is 18.1. The van der Waals surface area contributed by atoms with Gasteiger partial charge in [-0.2, -0.15) is 0 Å². The number of rotatable bonds is 4. The van der Waals surface area contributed by atoms with Crippen molar-refractivity contribution in [2.75, 3.05) is 19.6 Å². The van der Waals surface area contributed by atoms with Crippen LogP contribution in [-0.2, 0) is 13.0 Å². The van der Waals surface area contributed by atoms with E-state index < -0.39 is 0 Å². The van der Waals surface area contributed by atoms with Crippen LogP contribution in [0.15, 0.2) is 60.7 Å². The molecule has 2 aromatic carbocycles. The molecule has 1 aliphatic carbocycles. The molecular formula is C25H32N2. The Morgan fingerprint density at radius 1 is 0.852 bits per heavy atom. The monoisotopic (exact) mass is 360 g/mol. The predicted molar refractivity (Wildman–Crippen MR) is 112 cm³/mol. The normalized spacial score (nSPS) is 29.9. The van der Waals surface area contributed by atoms with Crippen LogP contribution in [0.4, 0.5) is 0 Å². The summed E-state index contributed by atoms with van der Waals surface area (Å²) in [5.41, 5.74) is 3.56. The molecule has 2 saturated heterocycles. The van der Waals surface area contributed by atoms with E-state index in [1.54, 1.807) is 0 Å². The molecule has 142 valence electrons. The van der Waals surface area contributed by atoms with E-state index in [-0.39, 0.29) is 0 Å². The maximum atomic E-state index is 3.98. The van der Waals surface area contributed by atoms with Crippen LogP contribution in [0.1, 0.15) is 36.8 Å². The highest BCUT2D eigenvalue weighted by molar-refractivity contribution is 5.19. The quantitative estimate of drug-likeness (QED) is 0.863. The van der Waals surface area contributed by atoms with Crippen molar-refractivity contribution in [3.05, 3.63) is 71.8 Å². The van der Waals surface area contributed by atoms with Crippen LogP contribution in [0, 0.1) is 17.3 Å². The van der Waals surface area contributed by atoms with Crippen molar-refractivity contribution in [2.24, 2.45) is 17.3 Å². The van der Waals surface area contributed by atoms with Gasteiger partial charge in [-0.1, -0.05) is 73.5 Å². The Balaban J connectivity index is 1.39. The van der Waals surface area contributed by atoms with E-state index in [9.17, 15) is 0 Å². The fourth-order valence-electron chi connectivity index (χ4n) is 6.43. The molecule has 2 bridgehead atoms. The van der Waals surface area contributed by atoms with Crippen LogP contribution in [0.3, 0.4) is 0 Å². The zero-order valence-electron chi connectivity index (χ0n) is 16.3. The summed E-state index contributed by atoms with van der Waals surface area (Å²) in [6, 6.07) is 22.8. The average molecular weight is 361 g/mol. The molecule has 1 saturated carbocycles. The fourth-order valence-corrected chi connectivity index (χ4v) is 6.43. The molecular weight excluding hydrogens is 328 g/mol. The first-order valence-corrected chi connectivity index (χ1v) is 10.9. The van der Waals surface area contributed by atoms with Gasteiger partial charge in [0.2, 0.25) is 0 Å². The van der Waals surface area contributed by atoms with E-state index in [0.717, 1.165) is 18.4 Å². The summed E-state index contributed by atoms with van der Waals surface area (Å²) in [5.74, 6) is 1.62. The highest BCUT2D eigenvalue weighted by atomic mass is 15.2. The van der Waals surface area contributed by atoms with E-state index in [4.69, 9.17) is 0 Å². The van der Waals surface area contributed by atoms with Gasteiger partial charge in [0.05, 0.1) is 0 Å². The molecule has 0 aromatic heterocycles. The molecule has 0 amide bonds. The van der Waals surface area contributed by atoms with E-state index in [0.29, 0.717) is 11.5 Å². The standard InChI is InChI=1S/C25H32N2/c1-3-9-20(10-4-1)15-24-23-19-27(17-21-11-5-2-6-12-21)18-22(16-26-24)25(23)13-7-8-14-25/h1-6,9-12,22-24,26H,7-8,13-19H2. The molecule has 0 radical (unpaired) electrons. The van der Waals surface area contributed by atoms with Crippen LogP contribution in [0.5, 0.6) is 0 Å². The molecule has 3 atom stereocenters. The van der Waals surface area contributed by atoms with Crippen LogP contribution >= 0.6 is 0 Å². The Morgan fingerprint density at radius 3 is 2.22 bits per heavy atom. The molecule has 3 aliphatic rings. The maximum Gasteiger partial charge on any atom is 0.0233 e. The number of nitrogens with one attached hydrogen (secondary N) is 1. The molecule has 3 fully saturated rings. The van der Waals surface area contributed by atoms with Crippen LogP contribution in [-0.4, -0.2) is 30.6 Å². The van der Waals surface area contributed by atoms with Gasteiger partial charge >= 0.3 is 0 Å². The number of piperidine rings is 2. The van der Waals surface area contributed by atoms with E-state index in [2.05, 4.69) is 70.9 Å². The fraction of sp³-hybridized carbons (Fsp3) is 0.520. The predicted octanol–water partition coefficient (Wildman–Crippen LogP) is 4.51. The molecule has 3 unspecified atom stereocenters. The van der Waals surface area contributed by atoms with Gasteiger partial charge in [-0.25, -0.2) is 0 Å². The van der Waals surface area contributed by atoms with Crippen LogP contribution < -0.4 is 5.32 Å². The van der Waals surface area contributed by atoms with Crippen molar-refractivity contribution >= 4 is 0 Å². The van der Waals surface area contributed by atoms with Crippen molar-refractivity contribution in [2.45, 2.75) is 44.7 Å². The second-order valence-corrected chi connectivity index (χ2v) is 9.13. The summed E-state index contributed by atoms with van der Waals surface area (Å²) >= 11 is 0. The van der Waals surface area contributed by atoms with Gasteiger partial charge in [0.25, 0.3) is 0 Å². The number of benzene rings is 2. The molecule has 27 heavy (non-hydrogen) atoms. The van der Waals surface area contributed by atoms with Gasteiger partial charge < -0.3 is 5.32 Å². The molecule has 5 rings (SSSR count).